The number of nitrogen functional groups attached to an aromatic ring is 1. The minimum atomic E-state index is 0.271. The largest absolute Gasteiger partial charge is 0.359 e. The molecule has 108 valence electrons. The molecule has 2 aromatic rings. The zero-order valence-corrected chi connectivity index (χ0v) is 12.9. The summed E-state index contributed by atoms with van der Waals surface area (Å²) >= 11 is 1.78. The van der Waals surface area contributed by atoms with Gasteiger partial charge in [0.2, 0.25) is 0 Å². The molecule has 0 amide bonds. The van der Waals surface area contributed by atoms with Crippen molar-refractivity contribution in [1.29, 1.82) is 0 Å². The van der Waals surface area contributed by atoms with Gasteiger partial charge in [0.05, 0.1) is 0 Å². The van der Waals surface area contributed by atoms with Crippen molar-refractivity contribution in [1.82, 2.24) is 9.97 Å². The molecule has 0 aromatic carbocycles. The predicted molar refractivity (Wildman–Crippen MR) is 85.2 cm³/mol. The van der Waals surface area contributed by atoms with Crippen LogP contribution in [0.3, 0.4) is 0 Å². The summed E-state index contributed by atoms with van der Waals surface area (Å²) in [5.41, 5.74) is 2.61. The molecule has 0 radical (unpaired) electrons. The summed E-state index contributed by atoms with van der Waals surface area (Å²) in [6.07, 6.45) is 1.01. The van der Waals surface area contributed by atoms with Crippen LogP contribution in [0.15, 0.2) is 23.6 Å². The average molecular weight is 291 g/mol. The van der Waals surface area contributed by atoms with Gasteiger partial charge < -0.3 is 10.3 Å². The third-order valence-electron chi connectivity index (χ3n) is 3.06. The van der Waals surface area contributed by atoms with Gasteiger partial charge in [-0.2, -0.15) is 0 Å². The van der Waals surface area contributed by atoms with E-state index in [4.69, 9.17) is 5.84 Å². The number of thiophene rings is 1. The second kappa shape index (κ2) is 6.67. The highest BCUT2D eigenvalue weighted by molar-refractivity contribution is 7.09. The molecular formula is C14H21N5S. The highest BCUT2D eigenvalue weighted by atomic mass is 32.1. The van der Waals surface area contributed by atoms with E-state index >= 15 is 0 Å². The molecule has 2 heterocycles. The first kappa shape index (κ1) is 14.7. The minimum Gasteiger partial charge on any atom is -0.359 e. The Hall–Kier alpha value is -1.66. The van der Waals surface area contributed by atoms with E-state index in [1.54, 1.807) is 11.3 Å². The quantitative estimate of drug-likeness (QED) is 0.632. The topological polar surface area (TPSA) is 67.1 Å². The van der Waals surface area contributed by atoms with E-state index in [0.29, 0.717) is 5.82 Å². The SMILES string of the molecule is CC(C)c1nc(NN)cc(N(C)CCc2cccs2)n1. The normalized spacial score (nSPS) is 10.8. The number of hydrazine groups is 1. The van der Waals surface area contributed by atoms with Crippen molar-refractivity contribution in [2.45, 2.75) is 26.2 Å². The number of nitrogens with zero attached hydrogens (tertiary/aromatic N) is 3. The van der Waals surface area contributed by atoms with E-state index in [2.05, 4.69) is 51.7 Å². The fourth-order valence-corrected chi connectivity index (χ4v) is 2.53. The molecule has 2 rings (SSSR count). The van der Waals surface area contributed by atoms with Crippen LogP contribution in [-0.2, 0) is 6.42 Å². The summed E-state index contributed by atoms with van der Waals surface area (Å²) < 4.78 is 0. The lowest BCUT2D eigenvalue weighted by molar-refractivity contribution is 0.762. The Labute approximate surface area is 123 Å². The molecule has 2 aromatic heterocycles. The lowest BCUT2D eigenvalue weighted by Gasteiger charge is -2.19. The summed E-state index contributed by atoms with van der Waals surface area (Å²) in [4.78, 5) is 12.5. The standard InChI is InChI=1S/C14H21N5S/c1-10(2)14-16-12(18-15)9-13(17-14)19(3)7-6-11-5-4-8-20-11/h4-5,8-10H,6-7,15H2,1-3H3,(H,16,17,18). The van der Waals surface area contributed by atoms with Crippen molar-refractivity contribution in [2.24, 2.45) is 5.84 Å². The zero-order chi connectivity index (χ0) is 14.5. The predicted octanol–water partition coefficient (Wildman–Crippen LogP) is 2.63. The van der Waals surface area contributed by atoms with E-state index in [1.165, 1.54) is 4.88 Å². The van der Waals surface area contributed by atoms with Crippen LogP contribution in [0.5, 0.6) is 0 Å². The third-order valence-corrected chi connectivity index (χ3v) is 4.00. The minimum absolute atomic E-state index is 0.271. The highest BCUT2D eigenvalue weighted by Gasteiger charge is 2.10. The van der Waals surface area contributed by atoms with Crippen molar-refractivity contribution in [3.63, 3.8) is 0 Å². The summed E-state index contributed by atoms with van der Waals surface area (Å²) in [6.45, 7) is 5.06. The van der Waals surface area contributed by atoms with Crippen molar-refractivity contribution in [3.8, 4) is 0 Å². The number of hydrogen-bond acceptors (Lipinski definition) is 6. The maximum atomic E-state index is 5.48. The molecule has 5 nitrogen and oxygen atoms in total. The van der Waals surface area contributed by atoms with Gasteiger partial charge in [-0.25, -0.2) is 15.8 Å². The smallest absolute Gasteiger partial charge is 0.145 e. The molecule has 0 saturated heterocycles. The number of likely N-dealkylation sites (N-methyl/N-ethyl adjacent to an activating group) is 1. The van der Waals surface area contributed by atoms with Crippen LogP contribution in [0.2, 0.25) is 0 Å². The lowest BCUT2D eigenvalue weighted by atomic mass is 10.2. The molecule has 0 atom stereocenters. The van der Waals surface area contributed by atoms with E-state index in [-0.39, 0.29) is 5.92 Å². The molecule has 0 aliphatic rings. The van der Waals surface area contributed by atoms with E-state index in [0.717, 1.165) is 24.6 Å². The van der Waals surface area contributed by atoms with Gasteiger partial charge in [0.25, 0.3) is 0 Å². The number of rotatable bonds is 6. The van der Waals surface area contributed by atoms with Crippen LogP contribution < -0.4 is 16.2 Å². The molecule has 3 N–H and O–H groups in total. The highest BCUT2D eigenvalue weighted by Crippen LogP contribution is 2.19. The van der Waals surface area contributed by atoms with Gasteiger partial charge in [0, 0.05) is 30.5 Å². The average Bonchev–Trinajstić information content (AvgIpc) is 2.97. The molecule has 0 bridgehead atoms. The molecule has 0 aliphatic heterocycles. The first-order valence-electron chi connectivity index (χ1n) is 6.69. The molecule has 0 aliphatic carbocycles. The van der Waals surface area contributed by atoms with Crippen molar-refractivity contribution < 1.29 is 0 Å². The Balaban J connectivity index is 2.11. The van der Waals surface area contributed by atoms with Crippen LogP contribution in [-0.4, -0.2) is 23.6 Å². The van der Waals surface area contributed by atoms with Crippen LogP contribution in [0.1, 0.15) is 30.5 Å². The van der Waals surface area contributed by atoms with E-state index < -0.39 is 0 Å². The monoisotopic (exact) mass is 291 g/mol. The first-order chi connectivity index (χ1) is 9.60. The Morgan fingerprint density at radius 3 is 2.80 bits per heavy atom. The maximum Gasteiger partial charge on any atom is 0.145 e. The van der Waals surface area contributed by atoms with E-state index in [1.807, 2.05) is 13.1 Å². The molecule has 0 unspecified atom stereocenters. The summed E-state index contributed by atoms with van der Waals surface area (Å²) in [7, 11) is 2.04. The van der Waals surface area contributed by atoms with Crippen LogP contribution in [0.25, 0.3) is 0 Å². The maximum absolute atomic E-state index is 5.48. The Kier molecular flexibility index (Phi) is 4.92. The van der Waals surface area contributed by atoms with Crippen molar-refractivity contribution in [2.75, 3.05) is 23.9 Å². The lowest BCUT2D eigenvalue weighted by Crippen LogP contribution is -2.23. The van der Waals surface area contributed by atoms with Gasteiger partial charge in [0.1, 0.15) is 17.5 Å². The Bertz CT molecular complexity index is 539. The van der Waals surface area contributed by atoms with Crippen LogP contribution >= 0.6 is 11.3 Å². The summed E-state index contributed by atoms with van der Waals surface area (Å²) in [5.74, 6) is 8.11. The van der Waals surface area contributed by atoms with Gasteiger partial charge in [0.15, 0.2) is 0 Å². The zero-order valence-electron chi connectivity index (χ0n) is 12.1. The molecule has 20 heavy (non-hydrogen) atoms. The Morgan fingerprint density at radius 2 is 2.20 bits per heavy atom. The molecule has 6 heteroatoms. The van der Waals surface area contributed by atoms with Crippen LogP contribution in [0.4, 0.5) is 11.6 Å². The number of anilines is 2. The van der Waals surface area contributed by atoms with Gasteiger partial charge in [-0.05, 0) is 17.9 Å². The molecule has 0 fully saturated rings. The second-order valence-electron chi connectivity index (χ2n) is 5.02. The van der Waals surface area contributed by atoms with Crippen molar-refractivity contribution >= 4 is 23.0 Å². The summed E-state index contributed by atoms with van der Waals surface area (Å²) in [5, 5.41) is 2.10. The van der Waals surface area contributed by atoms with Gasteiger partial charge in [-0.3, -0.25) is 0 Å². The number of nitrogens with two attached hydrogens (primary N) is 1. The van der Waals surface area contributed by atoms with Gasteiger partial charge >= 0.3 is 0 Å². The summed E-state index contributed by atoms with van der Waals surface area (Å²) in [6, 6.07) is 6.11. The fourth-order valence-electron chi connectivity index (χ4n) is 1.83. The van der Waals surface area contributed by atoms with E-state index in [9.17, 15) is 0 Å². The van der Waals surface area contributed by atoms with Gasteiger partial charge in [-0.1, -0.05) is 19.9 Å². The molecular weight excluding hydrogens is 270 g/mol. The number of aromatic nitrogens is 2. The number of hydrogen-bond donors (Lipinski definition) is 2. The second-order valence-corrected chi connectivity index (χ2v) is 6.05. The van der Waals surface area contributed by atoms with Crippen molar-refractivity contribution in [3.05, 3.63) is 34.3 Å². The third kappa shape index (κ3) is 3.68. The molecule has 0 saturated carbocycles. The molecule has 0 spiro atoms. The van der Waals surface area contributed by atoms with Crippen LogP contribution in [0, 0.1) is 0 Å². The first-order valence-corrected chi connectivity index (χ1v) is 7.57. The van der Waals surface area contributed by atoms with Gasteiger partial charge in [-0.15, -0.1) is 11.3 Å². The Morgan fingerprint density at radius 1 is 1.40 bits per heavy atom. The number of nitrogens with one attached hydrogen (secondary N) is 1. The fraction of sp³-hybridized carbons (Fsp3) is 0.429.